The molecule has 11 heteroatoms. The normalized spacial score (nSPS) is 13.2. The number of rotatable bonds is 9. The van der Waals surface area contributed by atoms with E-state index in [1.807, 2.05) is 12.1 Å². The van der Waals surface area contributed by atoms with Gasteiger partial charge < -0.3 is 24.8 Å². The van der Waals surface area contributed by atoms with E-state index in [9.17, 15) is 9.18 Å². The summed E-state index contributed by atoms with van der Waals surface area (Å²) in [6, 6.07) is 10.2. The Labute approximate surface area is 241 Å². The number of amides is 1. The van der Waals surface area contributed by atoms with Crippen molar-refractivity contribution in [2.45, 2.75) is 39.3 Å². The van der Waals surface area contributed by atoms with Gasteiger partial charge in [-0.25, -0.2) is 13.6 Å². The Balaban J connectivity index is 1.30. The van der Waals surface area contributed by atoms with Gasteiger partial charge >= 0.3 is 6.09 Å². The SMILES string of the molecule is CC(C)(C)OC(=O)NCCOCCOc1cc(F)ccc1-c1nnc(-c2ccc3c(c2)CNCC3)c2c(F)csc12. The Morgan fingerprint density at radius 1 is 1.05 bits per heavy atom. The van der Waals surface area contributed by atoms with E-state index in [4.69, 9.17) is 14.2 Å². The van der Waals surface area contributed by atoms with Crippen molar-refractivity contribution in [3.63, 3.8) is 0 Å². The van der Waals surface area contributed by atoms with E-state index in [2.05, 4.69) is 26.9 Å². The van der Waals surface area contributed by atoms with Crippen LogP contribution in [0.4, 0.5) is 13.6 Å². The fourth-order valence-electron chi connectivity index (χ4n) is 4.60. The number of halogens is 2. The summed E-state index contributed by atoms with van der Waals surface area (Å²) in [5.41, 5.74) is 4.03. The highest BCUT2D eigenvalue weighted by atomic mass is 32.1. The predicted octanol–water partition coefficient (Wildman–Crippen LogP) is 5.87. The summed E-state index contributed by atoms with van der Waals surface area (Å²) in [7, 11) is 0. The summed E-state index contributed by atoms with van der Waals surface area (Å²) in [5, 5.41) is 16.7. The van der Waals surface area contributed by atoms with Crippen LogP contribution in [0.15, 0.2) is 41.8 Å². The zero-order valence-electron chi connectivity index (χ0n) is 23.2. The van der Waals surface area contributed by atoms with Crippen LogP contribution in [0.1, 0.15) is 31.9 Å². The lowest BCUT2D eigenvalue weighted by molar-refractivity contribution is 0.0489. The van der Waals surface area contributed by atoms with Gasteiger partial charge in [0.05, 0.1) is 23.3 Å². The molecule has 0 saturated heterocycles. The monoisotopic (exact) mass is 582 g/mol. The highest BCUT2D eigenvalue weighted by Crippen LogP contribution is 2.41. The van der Waals surface area contributed by atoms with Gasteiger partial charge in [0.15, 0.2) is 0 Å². The molecule has 1 amide bonds. The van der Waals surface area contributed by atoms with E-state index >= 15 is 4.39 Å². The number of carbonyl (C=O) groups is 1. The third kappa shape index (κ3) is 6.98. The first-order chi connectivity index (χ1) is 19.7. The van der Waals surface area contributed by atoms with E-state index in [-0.39, 0.29) is 37.9 Å². The van der Waals surface area contributed by atoms with E-state index in [1.165, 1.54) is 40.0 Å². The summed E-state index contributed by atoms with van der Waals surface area (Å²) < 4.78 is 46.5. The maximum absolute atomic E-state index is 15.2. The summed E-state index contributed by atoms with van der Waals surface area (Å²) in [4.78, 5) is 11.7. The molecule has 0 atom stereocenters. The van der Waals surface area contributed by atoms with Crippen molar-refractivity contribution in [1.82, 2.24) is 20.8 Å². The topological polar surface area (TPSA) is 94.6 Å². The minimum absolute atomic E-state index is 0.125. The molecule has 41 heavy (non-hydrogen) atoms. The molecule has 1 aliphatic rings. The van der Waals surface area contributed by atoms with Crippen molar-refractivity contribution >= 4 is 27.5 Å². The van der Waals surface area contributed by atoms with Gasteiger partial charge in [-0.3, -0.25) is 0 Å². The lowest BCUT2D eigenvalue weighted by Gasteiger charge is -2.19. The molecular formula is C30H32F2N4O4S. The fourth-order valence-corrected chi connectivity index (χ4v) is 5.51. The molecule has 3 heterocycles. The van der Waals surface area contributed by atoms with Gasteiger partial charge in [0.2, 0.25) is 0 Å². The van der Waals surface area contributed by atoms with Crippen LogP contribution >= 0.6 is 11.3 Å². The maximum atomic E-state index is 15.2. The van der Waals surface area contributed by atoms with Crippen LogP contribution in [0.2, 0.25) is 0 Å². The molecule has 0 unspecified atom stereocenters. The number of hydrogen-bond acceptors (Lipinski definition) is 8. The van der Waals surface area contributed by atoms with Crippen LogP contribution < -0.4 is 15.4 Å². The Hall–Kier alpha value is -3.67. The van der Waals surface area contributed by atoms with E-state index in [0.29, 0.717) is 27.0 Å². The third-order valence-corrected chi connectivity index (χ3v) is 7.37. The second-order valence-corrected chi connectivity index (χ2v) is 11.5. The van der Waals surface area contributed by atoms with Crippen LogP contribution in [0.25, 0.3) is 32.6 Å². The van der Waals surface area contributed by atoms with Crippen LogP contribution in [-0.4, -0.2) is 54.8 Å². The van der Waals surface area contributed by atoms with Gasteiger partial charge in [-0.2, -0.15) is 0 Å². The summed E-state index contributed by atoms with van der Waals surface area (Å²) in [6.45, 7) is 7.89. The van der Waals surface area contributed by atoms with E-state index in [0.717, 1.165) is 25.1 Å². The van der Waals surface area contributed by atoms with Gasteiger partial charge in [-0.05, 0) is 63.1 Å². The molecule has 0 saturated carbocycles. The number of alkyl carbamates (subject to hydrolysis) is 1. The first-order valence-corrected chi connectivity index (χ1v) is 14.3. The van der Waals surface area contributed by atoms with Crippen LogP contribution in [-0.2, 0) is 22.4 Å². The second kappa shape index (κ2) is 12.5. The number of nitrogens with zero attached hydrogens (tertiary/aromatic N) is 2. The van der Waals surface area contributed by atoms with Gasteiger partial charge in [0, 0.05) is 35.7 Å². The summed E-state index contributed by atoms with van der Waals surface area (Å²) in [6.07, 6.45) is 0.429. The van der Waals surface area contributed by atoms with Crippen molar-refractivity contribution in [3.8, 4) is 28.3 Å². The van der Waals surface area contributed by atoms with Crippen molar-refractivity contribution in [3.05, 3.63) is 64.5 Å². The number of hydrogen-bond donors (Lipinski definition) is 2. The number of fused-ring (bicyclic) bond motifs is 2. The Bertz CT molecular complexity index is 1550. The molecule has 4 aromatic rings. The molecule has 2 N–H and O–H groups in total. The average molecular weight is 583 g/mol. The number of thiophene rings is 1. The summed E-state index contributed by atoms with van der Waals surface area (Å²) >= 11 is 1.22. The Morgan fingerprint density at radius 2 is 1.88 bits per heavy atom. The predicted molar refractivity (Wildman–Crippen MR) is 154 cm³/mol. The number of ether oxygens (including phenoxy) is 3. The average Bonchev–Trinajstić information content (AvgIpc) is 3.33. The molecule has 216 valence electrons. The third-order valence-electron chi connectivity index (χ3n) is 6.41. The van der Waals surface area contributed by atoms with Crippen molar-refractivity contribution in [2.75, 3.05) is 32.9 Å². The molecule has 8 nitrogen and oxygen atoms in total. The van der Waals surface area contributed by atoms with Crippen molar-refractivity contribution < 1.29 is 27.8 Å². The summed E-state index contributed by atoms with van der Waals surface area (Å²) in [5.74, 6) is -0.616. The highest BCUT2D eigenvalue weighted by molar-refractivity contribution is 7.17. The quantitative estimate of drug-likeness (QED) is 0.239. The fraction of sp³-hybridized carbons (Fsp3) is 0.367. The van der Waals surface area contributed by atoms with Crippen molar-refractivity contribution in [1.29, 1.82) is 0 Å². The van der Waals surface area contributed by atoms with Crippen LogP contribution in [0.5, 0.6) is 5.75 Å². The zero-order chi connectivity index (χ0) is 29.0. The van der Waals surface area contributed by atoms with Crippen LogP contribution in [0, 0.1) is 11.6 Å². The lowest BCUT2D eigenvalue weighted by Crippen LogP contribution is -2.34. The number of benzene rings is 2. The number of carbonyl (C=O) groups excluding carboxylic acids is 1. The number of aromatic nitrogens is 2. The molecule has 0 radical (unpaired) electrons. The molecule has 2 aromatic heterocycles. The Kier molecular flexibility index (Phi) is 8.77. The molecule has 0 fully saturated rings. The highest BCUT2D eigenvalue weighted by Gasteiger charge is 2.22. The molecule has 1 aliphatic heterocycles. The molecule has 0 aliphatic carbocycles. The standard InChI is InChI=1S/C30H32F2N4O4S/c1-30(2,3)40-29(37)34-10-11-38-12-13-39-24-15-21(31)6-7-22(24)27-28-25(23(32)17-41-28)26(35-36-27)19-5-4-18-8-9-33-16-20(18)14-19/h4-7,14-15,17,33H,8-13,16H2,1-3H3,(H,34,37). The van der Waals surface area contributed by atoms with Crippen LogP contribution in [0.3, 0.4) is 0 Å². The first kappa shape index (κ1) is 28.8. The molecule has 0 spiro atoms. The maximum Gasteiger partial charge on any atom is 0.407 e. The molecular weight excluding hydrogens is 550 g/mol. The van der Waals surface area contributed by atoms with Gasteiger partial charge in [-0.15, -0.1) is 21.5 Å². The van der Waals surface area contributed by atoms with E-state index < -0.39 is 17.5 Å². The molecule has 5 rings (SSSR count). The largest absolute Gasteiger partial charge is 0.490 e. The number of nitrogens with one attached hydrogen (secondary N) is 2. The molecule has 2 aromatic carbocycles. The molecule has 0 bridgehead atoms. The Morgan fingerprint density at radius 3 is 2.71 bits per heavy atom. The lowest BCUT2D eigenvalue weighted by atomic mass is 9.96. The minimum atomic E-state index is -0.578. The van der Waals surface area contributed by atoms with Gasteiger partial charge in [0.25, 0.3) is 0 Å². The zero-order valence-corrected chi connectivity index (χ0v) is 24.0. The minimum Gasteiger partial charge on any atom is -0.490 e. The van der Waals surface area contributed by atoms with Crippen molar-refractivity contribution in [2.24, 2.45) is 0 Å². The first-order valence-electron chi connectivity index (χ1n) is 13.4. The van der Waals surface area contributed by atoms with E-state index in [1.54, 1.807) is 26.8 Å². The van der Waals surface area contributed by atoms with Gasteiger partial charge in [-0.1, -0.05) is 12.1 Å². The van der Waals surface area contributed by atoms with Gasteiger partial charge in [0.1, 0.15) is 41.0 Å². The smallest absolute Gasteiger partial charge is 0.407 e. The second-order valence-electron chi connectivity index (χ2n) is 10.6.